The van der Waals surface area contributed by atoms with E-state index in [-0.39, 0.29) is 11.7 Å². The minimum atomic E-state index is -1.08. The smallest absolute Gasteiger partial charge is 0.371 e. The van der Waals surface area contributed by atoms with Gasteiger partial charge in [0.25, 0.3) is 5.95 Å². The largest absolute Gasteiger partial charge is 0.475 e. The van der Waals surface area contributed by atoms with E-state index in [9.17, 15) is 4.79 Å². The van der Waals surface area contributed by atoms with Gasteiger partial charge in [0.1, 0.15) is 0 Å². The summed E-state index contributed by atoms with van der Waals surface area (Å²) in [7, 11) is 0. The number of furan rings is 1. The first-order valence-electron chi connectivity index (χ1n) is 4.70. The molecule has 1 N–H and O–H groups in total. The third-order valence-corrected chi connectivity index (χ3v) is 1.78. The van der Waals surface area contributed by atoms with Crippen molar-refractivity contribution < 1.29 is 19.1 Å². The lowest BCUT2D eigenvalue weighted by Gasteiger charge is -2.00. The van der Waals surface area contributed by atoms with Crippen LogP contribution in [0.1, 0.15) is 36.7 Å². The number of hydrogen-bond donors (Lipinski definition) is 1. The van der Waals surface area contributed by atoms with Crippen LogP contribution in [0.3, 0.4) is 0 Å². The average Bonchev–Trinajstić information content (AvgIpc) is 2.61. The molecule has 1 aromatic heterocycles. The molecule has 1 aromatic rings. The second-order valence-electron chi connectivity index (χ2n) is 2.98. The van der Waals surface area contributed by atoms with Crippen LogP contribution in [-0.4, -0.2) is 17.7 Å². The standard InChI is InChI=1S/C10H14O4/c1-2-3-4-7-13-9-6-5-8(14-9)10(11)12/h5-6H,2-4,7H2,1H3,(H,11,12). The van der Waals surface area contributed by atoms with E-state index in [1.54, 1.807) is 0 Å². The number of carboxylic acid groups (broad SMARTS) is 1. The van der Waals surface area contributed by atoms with Gasteiger partial charge in [0.2, 0.25) is 5.76 Å². The fourth-order valence-corrected chi connectivity index (χ4v) is 1.04. The molecule has 4 nitrogen and oxygen atoms in total. The molecule has 1 heterocycles. The Balaban J connectivity index is 2.33. The Labute approximate surface area is 82.5 Å². The molecule has 0 fully saturated rings. The second-order valence-corrected chi connectivity index (χ2v) is 2.98. The zero-order valence-corrected chi connectivity index (χ0v) is 8.16. The highest BCUT2D eigenvalue weighted by Crippen LogP contribution is 2.16. The molecule has 0 bridgehead atoms. The van der Waals surface area contributed by atoms with Crippen molar-refractivity contribution in [3.05, 3.63) is 17.9 Å². The second kappa shape index (κ2) is 5.32. The summed E-state index contributed by atoms with van der Waals surface area (Å²) in [6, 6.07) is 2.91. The van der Waals surface area contributed by atoms with E-state index in [2.05, 4.69) is 6.92 Å². The molecule has 4 heteroatoms. The Morgan fingerprint density at radius 2 is 2.29 bits per heavy atom. The Bertz CT molecular complexity index is 290. The molecule has 0 saturated heterocycles. The minimum Gasteiger partial charge on any atom is -0.475 e. The van der Waals surface area contributed by atoms with Crippen LogP contribution in [0, 0.1) is 0 Å². The minimum absolute atomic E-state index is 0.0875. The Morgan fingerprint density at radius 3 is 2.86 bits per heavy atom. The molecule has 0 spiro atoms. The van der Waals surface area contributed by atoms with Gasteiger partial charge in [-0.3, -0.25) is 0 Å². The van der Waals surface area contributed by atoms with E-state index in [0.717, 1.165) is 19.3 Å². The van der Waals surface area contributed by atoms with Crippen LogP contribution >= 0.6 is 0 Å². The monoisotopic (exact) mass is 198 g/mol. The Kier molecular flexibility index (Phi) is 4.04. The van der Waals surface area contributed by atoms with Crippen molar-refractivity contribution in [2.45, 2.75) is 26.2 Å². The molecule has 0 amide bonds. The molecular formula is C10H14O4. The number of ether oxygens (including phenoxy) is 1. The quantitative estimate of drug-likeness (QED) is 0.713. The first-order chi connectivity index (χ1) is 6.74. The molecule has 0 unspecified atom stereocenters. The predicted molar refractivity (Wildman–Crippen MR) is 50.7 cm³/mol. The zero-order valence-electron chi connectivity index (χ0n) is 8.16. The Morgan fingerprint density at radius 1 is 1.50 bits per heavy atom. The summed E-state index contributed by atoms with van der Waals surface area (Å²) in [6.45, 7) is 2.68. The SMILES string of the molecule is CCCCCOc1ccc(C(=O)O)o1. The van der Waals surface area contributed by atoms with E-state index in [0.29, 0.717) is 6.61 Å². The van der Waals surface area contributed by atoms with Crippen molar-refractivity contribution in [2.75, 3.05) is 6.61 Å². The lowest BCUT2D eigenvalue weighted by Crippen LogP contribution is -1.96. The summed E-state index contributed by atoms with van der Waals surface area (Å²) in [4.78, 5) is 10.4. The van der Waals surface area contributed by atoms with Crippen LogP contribution in [0.5, 0.6) is 5.95 Å². The van der Waals surface area contributed by atoms with Gasteiger partial charge < -0.3 is 14.3 Å². The first kappa shape index (κ1) is 10.6. The van der Waals surface area contributed by atoms with Crippen molar-refractivity contribution in [3.8, 4) is 5.95 Å². The summed E-state index contributed by atoms with van der Waals surface area (Å²) in [5.41, 5.74) is 0. The fraction of sp³-hybridized carbons (Fsp3) is 0.500. The molecule has 0 radical (unpaired) electrons. The summed E-state index contributed by atoms with van der Waals surface area (Å²) < 4.78 is 10.1. The molecule has 0 aliphatic rings. The highest BCUT2D eigenvalue weighted by molar-refractivity contribution is 5.84. The summed E-state index contributed by atoms with van der Waals surface area (Å²) in [6.07, 6.45) is 3.19. The van der Waals surface area contributed by atoms with Gasteiger partial charge in [-0.25, -0.2) is 4.79 Å². The number of hydrogen-bond acceptors (Lipinski definition) is 3. The van der Waals surface area contributed by atoms with Gasteiger partial charge in [0.15, 0.2) is 0 Å². The van der Waals surface area contributed by atoms with Gasteiger partial charge in [-0.05, 0) is 12.5 Å². The number of carbonyl (C=O) groups is 1. The van der Waals surface area contributed by atoms with E-state index in [1.807, 2.05) is 0 Å². The van der Waals surface area contributed by atoms with Crippen molar-refractivity contribution in [2.24, 2.45) is 0 Å². The third-order valence-electron chi connectivity index (χ3n) is 1.78. The molecule has 0 aliphatic heterocycles. The highest BCUT2D eigenvalue weighted by atomic mass is 16.6. The molecule has 0 aromatic carbocycles. The zero-order chi connectivity index (χ0) is 10.4. The van der Waals surface area contributed by atoms with Crippen LogP contribution < -0.4 is 4.74 Å². The van der Waals surface area contributed by atoms with Gasteiger partial charge >= 0.3 is 5.97 Å². The topological polar surface area (TPSA) is 59.7 Å². The van der Waals surface area contributed by atoms with Crippen molar-refractivity contribution in [1.82, 2.24) is 0 Å². The summed E-state index contributed by atoms with van der Waals surface area (Å²) in [5.74, 6) is -0.887. The maximum atomic E-state index is 10.4. The summed E-state index contributed by atoms with van der Waals surface area (Å²) in [5, 5.41) is 8.56. The van der Waals surface area contributed by atoms with Crippen molar-refractivity contribution in [1.29, 1.82) is 0 Å². The van der Waals surface area contributed by atoms with Crippen LogP contribution in [0.25, 0.3) is 0 Å². The van der Waals surface area contributed by atoms with Crippen LogP contribution in [0.4, 0.5) is 0 Å². The van der Waals surface area contributed by atoms with Gasteiger partial charge in [0, 0.05) is 6.07 Å². The van der Waals surface area contributed by atoms with E-state index in [1.165, 1.54) is 12.1 Å². The molecule has 1 rings (SSSR count). The van der Waals surface area contributed by atoms with Crippen LogP contribution in [0.2, 0.25) is 0 Å². The lowest BCUT2D eigenvalue weighted by molar-refractivity contribution is 0.0653. The summed E-state index contributed by atoms with van der Waals surface area (Å²) >= 11 is 0. The van der Waals surface area contributed by atoms with Gasteiger partial charge in [-0.2, -0.15) is 0 Å². The maximum absolute atomic E-state index is 10.4. The molecule has 0 atom stereocenters. The first-order valence-corrected chi connectivity index (χ1v) is 4.70. The van der Waals surface area contributed by atoms with E-state index >= 15 is 0 Å². The Hall–Kier alpha value is -1.45. The van der Waals surface area contributed by atoms with Gasteiger partial charge in [-0.1, -0.05) is 19.8 Å². The normalized spacial score (nSPS) is 10.1. The number of carboxylic acids is 1. The predicted octanol–water partition coefficient (Wildman–Crippen LogP) is 2.55. The van der Waals surface area contributed by atoms with E-state index in [4.69, 9.17) is 14.3 Å². The van der Waals surface area contributed by atoms with Crippen molar-refractivity contribution in [3.63, 3.8) is 0 Å². The number of rotatable bonds is 6. The maximum Gasteiger partial charge on any atom is 0.371 e. The molecular weight excluding hydrogens is 184 g/mol. The average molecular weight is 198 g/mol. The number of aromatic carboxylic acids is 1. The highest BCUT2D eigenvalue weighted by Gasteiger charge is 2.08. The molecule has 14 heavy (non-hydrogen) atoms. The molecule has 0 aliphatic carbocycles. The van der Waals surface area contributed by atoms with Crippen LogP contribution in [0.15, 0.2) is 16.5 Å². The van der Waals surface area contributed by atoms with Gasteiger partial charge in [0.05, 0.1) is 6.61 Å². The van der Waals surface area contributed by atoms with Gasteiger partial charge in [-0.15, -0.1) is 0 Å². The third kappa shape index (κ3) is 3.12. The fourth-order valence-electron chi connectivity index (χ4n) is 1.04. The number of unbranched alkanes of at least 4 members (excludes halogenated alkanes) is 2. The van der Waals surface area contributed by atoms with E-state index < -0.39 is 5.97 Å². The molecule has 78 valence electrons. The van der Waals surface area contributed by atoms with Crippen LogP contribution in [-0.2, 0) is 0 Å². The van der Waals surface area contributed by atoms with Crippen molar-refractivity contribution >= 4 is 5.97 Å². The molecule has 0 saturated carbocycles. The lowest BCUT2D eigenvalue weighted by atomic mass is 10.3.